The van der Waals surface area contributed by atoms with Gasteiger partial charge in [0.1, 0.15) is 23.0 Å². The van der Waals surface area contributed by atoms with E-state index in [1.807, 2.05) is 146 Å². The van der Waals surface area contributed by atoms with Gasteiger partial charge in [0.2, 0.25) is 0 Å². The smallest absolute Gasteiger partial charge is 0.127 e. The summed E-state index contributed by atoms with van der Waals surface area (Å²) in [5.41, 5.74) is 7.46. The number of hydrogen-bond acceptors (Lipinski definition) is 7. The van der Waals surface area contributed by atoms with Crippen molar-refractivity contribution >= 4 is 34.1 Å². The summed E-state index contributed by atoms with van der Waals surface area (Å²) < 4.78 is 17.0. The van der Waals surface area contributed by atoms with Gasteiger partial charge in [-0.05, 0) is 132 Å². The third kappa shape index (κ3) is 7.23. The van der Waals surface area contributed by atoms with E-state index < -0.39 is 0 Å². The number of hydrogen-bond donors (Lipinski definition) is 2. The SMILES string of the molecule is COc1ccc(N(c2ccc(OC)cc2)c2ccc(Oc3ccc(N(c4ccc(CO)cc4)c4ccc(CO)cc4)cc3)cc2)cc1. The first-order valence-electron chi connectivity index (χ1n) is 15.2. The van der Waals surface area contributed by atoms with Crippen molar-refractivity contribution in [3.8, 4) is 23.0 Å². The highest BCUT2D eigenvalue weighted by atomic mass is 16.5. The molecule has 0 aliphatic carbocycles. The summed E-state index contributed by atoms with van der Waals surface area (Å²) in [7, 11) is 3.32. The first-order chi connectivity index (χ1) is 23.1. The maximum absolute atomic E-state index is 9.53. The van der Waals surface area contributed by atoms with Gasteiger partial charge in [-0.1, -0.05) is 24.3 Å². The molecular weight excluding hydrogens is 588 g/mol. The average molecular weight is 625 g/mol. The Morgan fingerprint density at radius 3 is 0.830 bits per heavy atom. The third-order valence-electron chi connectivity index (χ3n) is 7.84. The number of benzene rings is 6. The minimum atomic E-state index is -0.0144. The quantitative estimate of drug-likeness (QED) is 0.141. The van der Waals surface area contributed by atoms with Gasteiger partial charge in [0.25, 0.3) is 0 Å². The Morgan fingerprint density at radius 2 is 0.596 bits per heavy atom. The Balaban J connectivity index is 1.24. The molecule has 6 rings (SSSR count). The predicted molar refractivity (Wildman–Crippen MR) is 187 cm³/mol. The molecule has 47 heavy (non-hydrogen) atoms. The van der Waals surface area contributed by atoms with Gasteiger partial charge in [0.05, 0.1) is 27.4 Å². The highest BCUT2D eigenvalue weighted by Gasteiger charge is 2.15. The van der Waals surface area contributed by atoms with Crippen LogP contribution in [0, 0.1) is 0 Å². The van der Waals surface area contributed by atoms with Gasteiger partial charge in [-0.2, -0.15) is 0 Å². The van der Waals surface area contributed by atoms with E-state index in [4.69, 9.17) is 14.2 Å². The van der Waals surface area contributed by atoms with Gasteiger partial charge >= 0.3 is 0 Å². The first kappa shape index (κ1) is 31.2. The van der Waals surface area contributed by atoms with Crippen molar-refractivity contribution in [3.63, 3.8) is 0 Å². The summed E-state index contributed by atoms with van der Waals surface area (Å²) >= 11 is 0. The van der Waals surface area contributed by atoms with Crippen LogP contribution >= 0.6 is 0 Å². The van der Waals surface area contributed by atoms with Crippen LogP contribution in [0.1, 0.15) is 11.1 Å². The number of ether oxygens (including phenoxy) is 3. The zero-order valence-corrected chi connectivity index (χ0v) is 26.3. The lowest BCUT2D eigenvalue weighted by molar-refractivity contribution is 0.281. The maximum Gasteiger partial charge on any atom is 0.127 e. The van der Waals surface area contributed by atoms with Gasteiger partial charge in [0.15, 0.2) is 0 Å². The van der Waals surface area contributed by atoms with E-state index in [9.17, 15) is 10.2 Å². The van der Waals surface area contributed by atoms with Crippen molar-refractivity contribution in [1.82, 2.24) is 0 Å². The highest BCUT2D eigenvalue weighted by Crippen LogP contribution is 2.39. The van der Waals surface area contributed by atoms with E-state index in [1.54, 1.807) is 14.2 Å². The van der Waals surface area contributed by atoms with Crippen LogP contribution in [0.4, 0.5) is 34.1 Å². The Morgan fingerprint density at radius 1 is 0.362 bits per heavy atom. The summed E-state index contributed by atoms with van der Waals surface area (Å²) in [6, 6.07) is 47.4. The normalized spacial score (nSPS) is 10.7. The summed E-state index contributed by atoms with van der Waals surface area (Å²) in [5.74, 6) is 3.00. The van der Waals surface area contributed by atoms with Gasteiger partial charge in [-0.25, -0.2) is 0 Å². The molecule has 0 saturated heterocycles. The zero-order valence-electron chi connectivity index (χ0n) is 26.3. The molecule has 0 unspecified atom stereocenters. The van der Waals surface area contributed by atoms with Crippen LogP contribution in [0.2, 0.25) is 0 Å². The minimum Gasteiger partial charge on any atom is -0.497 e. The average Bonchev–Trinajstić information content (AvgIpc) is 3.14. The molecule has 0 amide bonds. The number of rotatable bonds is 12. The van der Waals surface area contributed by atoms with Crippen LogP contribution < -0.4 is 24.0 Å². The molecule has 6 aromatic carbocycles. The Kier molecular flexibility index (Phi) is 9.67. The van der Waals surface area contributed by atoms with Crippen LogP contribution in [-0.4, -0.2) is 24.4 Å². The Labute approximate surface area is 275 Å². The summed E-state index contributed by atoms with van der Waals surface area (Å²) in [5, 5.41) is 19.1. The monoisotopic (exact) mass is 624 g/mol. The van der Waals surface area contributed by atoms with Crippen LogP contribution in [-0.2, 0) is 13.2 Å². The lowest BCUT2D eigenvalue weighted by atomic mass is 10.1. The molecule has 0 spiro atoms. The number of aliphatic hydroxyl groups excluding tert-OH is 2. The van der Waals surface area contributed by atoms with Gasteiger partial charge in [0, 0.05) is 34.1 Å². The first-order valence-corrected chi connectivity index (χ1v) is 15.2. The molecule has 0 radical (unpaired) electrons. The fourth-order valence-corrected chi connectivity index (χ4v) is 5.32. The van der Waals surface area contributed by atoms with Gasteiger partial charge < -0.3 is 34.2 Å². The van der Waals surface area contributed by atoms with Crippen molar-refractivity contribution in [3.05, 3.63) is 157 Å². The molecule has 0 heterocycles. The molecule has 0 atom stereocenters. The predicted octanol–water partition coefficient (Wildman–Crippen LogP) is 9.42. The van der Waals surface area contributed by atoms with Crippen molar-refractivity contribution in [2.75, 3.05) is 24.0 Å². The molecule has 6 aromatic rings. The molecule has 0 saturated carbocycles. The van der Waals surface area contributed by atoms with Crippen molar-refractivity contribution in [2.24, 2.45) is 0 Å². The van der Waals surface area contributed by atoms with Gasteiger partial charge in [-0.15, -0.1) is 0 Å². The maximum atomic E-state index is 9.53. The molecule has 0 fully saturated rings. The number of methoxy groups -OCH3 is 2. The lowest BCUT2D eigenvalue weighted by Gasteiger charge is -2.26. The Bertz CT molecular complexity index is 1620. The van der Waals surface area contributed by atoms with Crippen LogP contribution in [0.5, 0.6) is 23.0 Å². The number of aliphatic hydroxyl groups is 2. The van der Waals surface area contributed by atoms with E-state index in [2.05, 4.69) is 9.80 Å². The molecule has 0 aromatic heterocycles. The van der Waals surface area contributed by atoms with E-state index in [0.717, 1.165) is 56.8 Å². The van der Waals surface area contributed by atoms with Crippen LogP contribution in [0.3, 0.4) is 0 Å². The van der Waals surface area contributed by atoms with Crippen molar-refractivity contribution in [2.45, 2.75) is 13.2 Å². The second-order valence-corrected chi connectivity index (χ2v) is 10.8. The molecule has 2 N–H and O–H groups in total. The second-order valence-electron chi connectivity index (χ2n) is 10.8. The molecule has 236 valence electrons. The van der Waals surface area contributed by atoms with E-state index in [-0.39, 0.29) is 13.2 Å². The fourth-order valence-electron chi connectivity index (χ4n) is 5.32. The largest absolute Gasteiger partial charge is 0.497 e. The molecule has 7 heteroatoms. The van der Waals surface area contributed by atoms with Crippen LogP contribution in [0.15, 0.2) is 146 Å². The lowest BCUT2D eigenvalue weighted by Crippen LogP contribution is -2.10. The second kappa shape index (κ2) is 14.6. The minimum absolute atomic E-state index is 0.0144. The molecule has 0 aliphatic heterocycles. The molecular formula is C40H36N2O5. The van der Waals surface area contributed by atoms with Gasteiger partial charge in [-0.3, -0.25) is 0 Å². The fraction of sp³-hybridized carbons (Fsp3) is 0.100. The highest BCUT2D eigenvalue weighted by molar-refractivity contribution is 5.78. The number of anilines is 6. The summed E-state index contributed by atoms with van der Waals surface area (Å²) in [6.07, 6.45) is 0. The molecule has 0 bridgehead atoms. The Hall–Kier alpha value is -5.76. The summed E-state index contributed by atoms with van der Waals surface area (Å²) in [4.78, 5) is 4.28. The molecule has 7 nitrogen and oxygen atoms in total. The zero-order chi connectivity index (χ0) is 32.6. The van der Waals surface area contributed by atoms with Crippen molar-refractivity contribution in [1.29, 1.82) is 0 Å². The number of nitrogens with zero attached hydrogens (tertiary/aromatic N) is 2. The third-order valence-corrected chi connectivity index (χ3v) is 7.84. The van der Waals surface area contributed by atoms with E-state index in [0.29, 0.717) is 11.5 Å². The van der Waals surface area contributed by atoms with E-state index in [1.165, 1.54) is 0 Å². The standard InChI is InChI=1S/C40H36N2O5/c1-45-37-19-11-33(12-20-37)42(34-13-21-38(46-2)22-14-34)36-17-25-40(26-18-36)47-39-23-15-35(16-24-39)41(31-7-3-29(27-43)4-8-31)32-9-5-30(28-44)6-10-32/h3-26,43-44H,27-28H2,1-2H3. The van der Waals surface area contributed by atoms with E-state index >= 15 is 0 Å². The molecule has 0 aliphatic rings. The summed E-state index contributed by atoms with van der Waals surface area (Å²) in [6.45, 7) is -0.0288. The topological polar surface area (TPSA) is 74.6 Å². The van der Waals surface area contributed by atoms with Crippen molar-refractivity contribution < 1.29 is 24.4 Å². The van der Waals surface area contributed by atoms with Crippen LogP contribution in [0.25, 0.3) is 0 Å².